The van der Waals surface area contributed by atoms with E-state index in [-0.39, 0.29) is 24.3 Å². The Labute approximate surface area is 152 Å². The summed E-state index contributed by atoms with van der Waals surface area (Å²) in [6.45, 7) is 10.0. The van der Waals surface area contributed by atoms with Crippen LogP contribution in [-0.2, 0) is 9.47 Å². The maximum absolute atomic E-state index is 12.4. The number of aliphatic hydroxyl groups is 1. The number of morpholine rings is 1. The van der Waals surface area contributed by atoms with Gasteiger partial charge in [-0.15, -0.1) is 0 Å². The van der Waals surface area contributed by atoms with Gasteiger partial charge in [-0.25, -0.2) is 4.79 Å². The number of amides is 1. The zero-order valence-electron chi connectivity index (χ0n) is 16.3. The summed E-state index contributed by atoms with van der Waals surface area (Å²) in [7, 11) is 0. The van der Waals surface area contributed by atoms with Crippen LogP contribution in [-0.4, -0.2) is 66.2 Å². The number of hydrogen-bond acceptors (Lipinski definition) is 5. The molecule has 1 aliphatic heterocycles. The van der Waals surface area contributed by atoms with Crippen molar-refractivity contribution in [2.24, 2.45) is 5.92 Å². The molecule has 1 saturated heterocycles. The normalized spacial score (nSPS) is 25.0. The quantitative estimate of drug-likeness (QED) is 0.765. The van der Waals surface area contributed by atoms with Crippen LogP contribution >= 0.6 is 0 Å². The number of ether oxygens (including phenoxy) is 2. The third kappa shape index (κ3) is 6.76. The molecule has 3 atom stereocenters. The first-order chi connectivity index (χ1) is 11.8. The molecule has 146 valence electrons. The first-order valence-electron chi connectivity index (χ1n) is 9.75. The fraction of sp³-hybridized carbons (Fsp3) is 0.947. The molecule has 1 heterocycles. The third-order valence-corrected chi connectivity index (χ3v) is 5.10. The van der Waals surface area contributed by atoms with Crippen molar-refractivity contribution in [2.45, 2.75) is 83.6 Å². The summed E-state index contributed by atoms with van der Waals surface area (Å²) in [5.41, 5.74) is -0.491. The molecule has 6 heteroatoms. The maximum Gasteiger partial charge on any atom is 0.410 e. The average Bonchev–Trinajstić information content (AvgIpc) is 3.06. The molecule has 6 nitrogen and oxygen atoms in total. The lowest BCUT2D eigenvalue weighted by Gasteiger charge is -2.38. The van der Waals surface area contributed by atoms with E-state index < -0.39 is 5.60 Å². The molecule has 1 aliphatic carbocycles. The van der Waals surface area contributed by atoms with Crippen molar-refractivity contribution < 1.29 is 19.4 Å². The molecule has 2 N–H and O–H groups in total. The van der Waals surface area contributed by atoms with Gasteiger partial charge >= 0.3 is 6.09 Å². The van der Waals surface area contributed by atoms with Gasteiger partial charge in [0.25, 0.3) is 0 Å². The lowest BCUT2D eigenvalue weighted by molar-refractivity contribution is -0.0358. The van der Waals surface area contributed by atoms with Gasteiger partial charge < -0.3 is 24.8 Å². The van der Waals surface area contributed by atoms with Gasteiger partial charge in [0.15, 0.2) is 0 Å². The molecule has 0 aromatic heterocycles. The van der Waals surface area contributed by atoms with Gasteiger partial charge in [-0.3, -0.25) is 0 Å². The summed E-state index contributed by atoms with van der Waals surface area (Å²) in [4.78, 5) is 14.2. The van der Waals surface area contributed by atoms with E-state index in [4.69, 9.17) is 9.47 Å². The Morgan fingerprint density at radius 1 is 1.36 bits per heavy atom. The predicted octanol–water partition coefficient (Wildman–Crippen LogP) is 2.54. The summed E-state index contributed by atoms with van der Waals surface area (Å²) < 4.78 is 11.1. The van der Waals surface area contributed by atoms with E-state index in [1.54, 1.807) is 4.90 Å². The van der Waals surface area contributed by atoms with Crippen LogP contribution in [0.4, 0.5) is 4.79 Å². The van der Waals surface area contributed by atoms with Crippen molar-refractivity contribution in [3.8, 4) is 0 Å². The molecule has 1 saturated carbocycles. The van der Waals surface area contributed by atoms with Crippen LogP contribution in [0.3, 0.4) is 0 Å². The molecular weight excluding hydrogens is 320 g/mol. The lowest BCUT2D eigenvalue weighted by Crippen LogP contribution is -2.52. The Hall–Kier alpha value is -0.850. The number of carbonyl (C=O) groups excluding carboxylic acids is 1. The highest BCUT2D eigenvalue weighted by Crippen LogP contribution is 2.27. The summed E-state index contributed by atoms with van der Waals surface area (Å²) in [6, 6.07) is 0.211. The molecule has 2 aliphatic rings. The van der Waals surface area contributed by atoms with Gasteiger partial charge in [0.05, 0.1) is 25.4 Å². The van der Waals surface area contributed by atoms with Crippen molar-refractivity contribution in [2.75, 3.05) is 26.3 Å². The standard InChI is InChI=1S/C19H36N2O4/c1-14(20-12-17(22)15-7-5-6-8-15)11-16-13-24-10-9-21(16)18(23)25-19(2,3)4/h14-17,20,22H,5-13H2,1-4H3/t14-,16+,17+/m1/s1. The van der Waals surface area contributed by atoms with E-state index in [1.807, 2.05) is 20.8 Å². The predicted molar refractivity (Wildman–Crippen MR) is 97.6 cm³/mol. The Kier molecular flexibility index (Phi) is 7.52. The van der Waals surface area contributed by atoms with Gasteiger partial charge in [-0.05, 0) is 52.9 Å². The topological polar surface area (TPSA) is 71.0 Å². The smallest absolute Gasteiger partial charge is 0.410 e. The van der Waals surface area contributed by atoms with Crippen LogP contribution in [0.2, 0.25) is 0 Å². The second-order valence-electron chi connectivity index (χ2n) is 8.56. The molecule has 0 aromatic carbocycles. The van der Waals surface area contributed by atoms with Gasteiger partial charge in [0, 0.05) is 19.1 Å². The highest BCUT2D eigenvalue weighted by molar-refractivity contribution is 5.68. The number of nitrogens with zero attached hydrogens (tertiary/aromatic N) is 1. The first-order valence-corrected chi connectivity index (χ1v) is 9.75. The monoisotopic (exact) mass is 356 g/mol. The number of hydrogen-bond donors (Lipinski definition) is 2. The van der Waals surface area contributed by atoms with E-state index in [0.29, 0.717) is 32.2 Å². The van der Waals surface area contributed by atoms with Crippen LogP contribution in [0.1, 0.15) is 59.8 Å². The van der Waals surface area contributed by atoms with E-state index in [2.05, 4.69) is 12.2 Å². The SMILES string of the molecule is C[C@H](C[C@H]1COCCN1C(=O)OC(C)(C)C)NC[C@H](O)C1CCCC1. The van der Waals surface area contributed by atoms with E-state index in [9.17, 15) is 9.90 Å². The van der Waals surface area contributed by atoms with Crippen molar-refractivity contribution in [3.63, 3.8) is 0 Å². The molecule has 0 unspecified atom stereocenters. The third-order valence-electron chi connectivity index (χ3n) is 5.10. The van der Waals surface area contributed by atoms with Crippen molar-refractivity contribution in [1.29, 1.82) is 0 Å². The van der Waals surface area contributed by atoms with Crippen LogP contribution in [0.25, 0.3) is 0 Å². The van der Waals surface area contributed by atoms with Crippen LogP contribution in [0.15, 0.2) is 0 Å². The fourth-order valence-electron chi connectivity index (χ4n) is 3.73. The van der Waals surface area contributed by atoms with Crippen LogP contribution < -0.4 is 5.32 Å². The van der Waals surface area contributed by atoms with Crippen molar-refractivity contribution in [3.05, 3.63) is 0 Å². The number of nitrogens with one attached hydrogen (secondary N) is 1. The van der Waals surface area contributed by atoms with E-state index in [1.165, 1.54) is 12.8 Å². The minimum atomic E-state index is -0.491. The van der Waals surface area contributed by atoms with Crippen molar-refractivity contribution >= 4 is 6.09 Å². The van der Waals surface area contributed by atoms with Gasteiger partial charge in [0.1, 0.15) is 5.60 Å². The van der Waals surface area contributed by atoms with Gasteiger partial charge in [0.2, 0.25) is 0 Å². The molecule has 0 aromatic rings. The molecule has 2 fully saturated rings. The number of carbonyl (C=O) groups is 1. The second kappa shape index (κ2) is 9.19. The largest absolute Gasteiger partial charge is 0.444 e. The zero-order chi connectivity index (χ0) is 18.4. The fourth-order valence-corrected chi connectivity index (χ4v) is 3.73. The summed E-state index contributed by atoms with van der Waals surface area (Å²) in [6.07, 6.45) is 5.01. The second-order valence-corrected chi connectivity index (χ2v) is 8.56. The summed E-state index contributed by atoms with van der Waals surface area (Å²) in [5.74, 6) is 0.441. The highest BCUT2D eigenvalue weighted by atomic mass is 16.6. The first kappa shape index (κ1) is 20.5. The van der Waals surface area contributed by atoms with E-state index >= 15 is 0 Å². The minimum Gasteiger partial charge on any atom is -0.444 e. The Balaban J connectivity index is 1.80. The van der Waals surface area contributed by atoms with E-state index in [0.717, 1.165) is 19.3 Å². The van der Waals surface area contributed by atoms with Crippen molar-refractivity contribution in [1.82, 2.24) is 10.2 Å². The average molecular weight is 357 g/mol. The molecule has 25 heavy (non-hydrogen) atoms. The molecule has 0 spiro atoms. The summed E-state index contributed by atoms with van der Waals surface area (Å²) in [5, 5.41) is 13.7. The van der Waals surface area contributed by atoms with Crippen LogP contribution in [0.5, 0.6) is 0 Å². The highest BCUT2D eigenvalue weighted by Gasteiger charge is 2.32. The van der Waals surface area contributed by atoms with Gasteiger partial charge in [-0.2, -0.15) is 0 Å². The minimum absolute atomic E-state index is 0.00900. The Bertz CT molecular complexity index is 418. The Morgan fingerprint density at radius 3 is 2.68 bits per heavy atom. The molecule has 1 amide bonds. The summed E-state index contributed by atoms with van der Waals surface area (Å²) >= 11 is 0. The maximum atomic E-state index is 12.4. The molecule has 0 bridgehead atoms. The molecule has 0 radical (unpaired) electrons. The number of aliphatic hydroxyl groups excluding tert-OH is 1. The molecule has 2 rings (SSSR count). The number of rotatable bonds is 6. The Morgan fingerprint density at radius 2 is 2.04 bits per heavy atom. The lowest BCUT2D eigenvalue weighted by atomic mass is 10.00. The van der Waals surface area contributed by atoms with Crippen LogP contribution in [0, 0.1) is 5.92 Å². The molecular formula is C19H36N2O4. The zero-order valence-corrected chi connectivity index (χ0v) is 16.3. The van der Waals surface area contributed by atoms with Gasteiger partial charge in [-0.1, -0.05) is 12.8 Å².